The Bertz CT molecular complexity index is 584. The number of ether oxygens (including phenoxy) is 1. The monoisotopic (exact) mass is 250 g/mol. The van der Waals surface area contributed by atoms with Gasteiger partial charge in [-0.25, -0.2) is 4.98 Å². The average molecular weight is 251 g/mol. The summed E-state index contributed by atoms with van der Waals surface area (Å²) < 4.78 is 5.11. The number of aromatic nitrogens is 1. The zero-order valence-corrected chi connectivity index (χ0v) is 10.2. The summed E-state index contributed by atoms with van der Waals surface area (Å²) >= 11 is 6.12. The van der Waals surface area contributed by atoms with Gasteiger partial charge in [0.25, 0.3) is 5.91 Å². The van der Waals surface area contributed by atoms with Gasteiger partial charge in [-0.3, -0.25) is 4.79 Å². The van der Waals surface area contributed by atoms with Gasteiger partial charge in [0.2, 0.25) is 0 Å². The molecule has 88 valence electrons. The van der Waals surface area contributed by atoms with Crippen LogP contribution in [0.1, 0.15) is 10.5 Å². The van der Waals surface area contributed by atoms with E-state index in [1.807, 2.05) is 0 Å². The zero-order chi connectivity index (χ0) is 12.4. The molecule has 0 saturated heterocycles. The van der Waals surface area contributed by atoms with E-state index in [9.17, 15) is 4.79 Å². The lowest BCUT2D eigenvalue weighted by Gasteiger charge is -2.06. The third-order valence-corrected chi connectivity index (χ3v) is 2.74. The van der Waals surface area contributed by atoms with Crippen LogP contribution >= 0.6 is 11.6 Å². The molecular formula is C12H11ClN2O2. The van der Waals surface area contributed by atoms with Crippen molar-refractivity contribution in [1.29, 1.82) is 0 Å². The second kappa shape index (κ2) is 4.59. The van der Waals surface area contributed by atoms with Crippen LogP contribution in [0.5, 0.6) is 5.75 Å². The van der Waals surface area contributed by atoms with Crippen molar-refractivity contribution in [1.82, 2.24) is 10.3 Å². The molecule has 0 fully saturated rings. The number of nitrogens with zero attached hydrogens (tertiary/aromatic N) is 1. The molecule has 1 amide bonds. The topological polar surface area (TPSA) is 51.2 Å². The maximum atomic E-state index is 11.5. The highest BCUT2D eigenvalue weighted by Crippen LogP contribution is 2.26. The number of benzene rings is 1. The lowest BCUT2D eigenvalue weighted by molar-refractivity contribution is 0.0958. The van der Waals surface area contributed by atoms with Gasteiger partial charge in [-0.1, -0.05) is 11.6 Å². The highest BCUT2D eigenvalue weighted by atomic mass is 35.5. The van der Waals surface area contributed by atoms with Crippen molar-refractivity contribution in [2.24, 2.45) is 0 Å². The Kier molecular flexibility index (Phi) is 3.15. The summed E-state index contributed by atoms with van der Waals surface area (Å²) in [7, 11) is 3.14. The van der Waals surface area contributed by atoms with Crippen LogP contribution in [0, 0.1) is 0 Å². The van der Waals surface area contributed by atoms with Crippen molar-refractivity contribution in [3.8, 4) is 5.75 Å². The van der Waals surface area contributed by atoms with Gasteiger partial charge in [-0.05, 0) is 24.3 Å². The van der Waals surface area contributed by atoms with E-state index in [1.54, 1.807) is 38.4 Å². The number of amides is 1. The summed E-state index contributed by atoms with van der Waals surface area (Å²) in [5.74, 6) is 0.443. The maximum Gasteiger partial charge on any atom is 0.269 e. The molecule has 1 N–H and O–H groups in total. The molecule has 0 saturated carbocycles. The van der Waals surface area contributed by atoms with Crippen LogP contribution < -0.4 is 10.1 Å². The van der Waals surface area contributed by atoms with Gasteiger partial charge in [0.1, 0.15) is 11.4 Å². The fourth-order valence-corrected chi connectivity index (χ4v) is 1.79. The van der Waals surface area contributed by atoms with Crippen LogP contribution in [-0.2, 0) is 0 Å². The molecule has 0 aliphatic carbocycles. The van der Waals surface area contributed by atoms with Crippen LogP contribution in [0.4, 0.5) is 0 Å². The molecule has 0 radical (unpaired) electrons. The number of pyridine rings is 1. The molecule has 4 nitrogen and oxygen atoms in total. The standard InChI is InChI=1S/C12H11ClN2O2/c1-14-12(16)11-6-9(13)8-5-7(17-2)3-4-10(8)15-11/h3-6H,1-2H3,(H,14,16). The summed E-state index contributed by atoms with van der Waals surface area (Å²) in [5, 5.41) is 3.75. The fourth-order valence-electron chi connectivity index (χ4n) is 1.54. The first-order chi connectivity index (χ1) is 8.15. The second-order valence-electron chi connectivity index (χ2n) is 3.45. The van der Waals surface area contributed by atoms with Crippen molar-refractivity contribution in [2.45, 2.75) is 0 Å². The Hall–Kier alpha value is -1.81. The predicted molar refractivity (Wildman–Crippen MR) is 66.7 cm³/mol. The number of nitrogens with one attached hydrogen (secondary N) is 1. The second-order valence-corrected chi connectivity index (χ2v) is 3.86. The molecule has 0 atom stereocenters. The SMILES string of the molecule is CNC(=O)c1cc(Cl)c2cc(OC)ccc2n1. The lowest BCUT2D eigenvalue weighted by Crippen LogP contribution is -2.19. The number of hydrogen-bond acceptors (Lipinski definition) is 3. The number of hydrogen-bond donors (Lipinski definition) is 1. The van der Waals surface area contributed by atoms with E-state index in [2.05, 4.69) is 10.3 Å². The Morgan fingerprint density at radius 3 is 2.82 bits per heavy atom. The van der Waals surface area contributed by atoms with Crippen molar-refractivity contribution in [3.05, 3.63) is 35.0 Å². The van der Waals surface area contributed by atoms with E-state index in [-0.39, 0.29) is 5.91 Å². The van der Waals surface area contributed by atoms with Gasteiger partial charge in [-0.2, -0.15) is 0 Å². The molecule has 0 aliphatic heterocycles. The van der Waals surface area contributed by atoms with E-state index in [0.29, 0.717) is 22.0 Å². The van der Waals surface area contributed by atoms with E-state index in [1.165, 1.54) is 0 Å². The minimum absolute atomic E-state index is 0.260. The Morgan fingerprint density at radius 2 is 2.18 bits per heavy atom. The summed E-state index contributed by atoms with van der Waals surface area (Å²) in [6, 6.07) is 6.88. The Morgan fingerprint density at radius 1 is 1.41 bits per heavy atom. The number of carbonyl (C=O) groups is 1. The molecule has 5 heteroatoms. The van der Waals surface area contributed by atoms with Crippen molar-refractivity contribution in [3.63, 3.8) is 0 Å². The van der Waals surface area contributed by atoms with E-state index < -0.39 is 0 Å². The number of fused-ring (bicyclic) bond motifs is 1. The molecule has 17 heavy (non-hydrogen) atoms. The first-order valence-corrected chi connectivity index (χ1v) is 5.40. The highest BCUT2D eigenvalue weighted by molar-refractivity contribution is 6.35. The summed E-state index contributed by atoms with van der Waals surface area (Å²) in [6.45, 7) is 0. The van der Waals surface area contributed by atoms with Crippen LogP contribution in [0.15, 0.2) is 24.3 Å². The van der Waals surface area contributed by atoms with Gasteiger partial charge in [0.15, 0.2) is 0 Å². The maximum absolute atomic E-state index is 11.5. The normalized spacial score (nSPS) is 10.3. The zero-order valence-electron chi connectivity index (χ0n) is 9.45. The largest absolute Gasteiger partial charge is 0.497 e. The number of carbonyl (C=O) groups excluding carboxylic acids is 1. The minimum atomic E-state index is -0.260. The van der Waals surface area contributed by atoms with Crippen LogP contribution in [0.25, 0.3) is 10.9 Å². The van der Waals surface area contributed by atoms with Gasteiger partial charge < -0.3 is 10.1 Å². The number of rotatable bonds is 2. The third kappa shape index (κ3) is 2.17. The molecule has 0 bridgehead atoms. The molecular weight excluding hydrogens is 240 g/mol. The smallest absolute Gasteiger partial charge is 0.269 e. The molecule has 0 aliphatic rings. The van der Waals surface area contributed by atoms with Crippen LogP contribution in [-0.4, -0.2) is 25.0 Å². The molecule has 1 aromatic heterocycles. The summed E-state index contributed by atoms with van der Waals surface area (Å²) in [4.78, 5) is 15.7. The van der Waals surface area contributed by atoms with E-state index in [0.717, 1.165) is 5.39 Å². The van der Waals surface area contributed by atoms with Gasteiger partial charge >= 0.3 is 0 Å². The summed E-state index contributed by atoms with van der Waals surface area (Å²) in [6.07, 6.45) is 0. The minimum Gasteiger partial charge on any atom is -0.497 e. The highest BCUT2D eigenvalue weighted by Gasteiger charge is 2.10. The van der Waals surface area contributed by atoms with E-state index >= 15 is 0 Å². The quantitative estimate of drug-likeness (QED) is 0.890. The average Bonchev–Trinajstić information content (AvgIpc) is 2.37. The predicted octanol–water partition coefficient (Wildman–Crippen LogP) is 2.26. The van der Waals surface area contributed by atoms with E-state index in [4.69, 9.17) is 16.3 Å². The Labute approximate surface area is 104 Å². The lowest BCUT2D eigenvalue weighted by atomic mass is 10.2. The van der Waals surface area contributed by atoms with Gasteiger partial charge in [0, 0.05) is 12.4 Å². The molecule has 0 unspecified atom stereocenters. The summed E-state index contributed by atoms with van der Waals surface area (Å²) in [5.41, 5.74) is 0.965. The van der Waals surface area contributed by atoms with Crippen LogP contribution in [0.2, 0.25) is 5.02 Å². The van der Waals surface area contributed by atoms with Crippen molar-refractivity contribution >= 4 is 28.4 Å². The fraction of sp³-hybridized carbons (Fsp3) is 0.167. The Balaban J connectivity index is 2.63. The molecule has 2 aromatic rings. The van der Waals surface area contributed by atoms with Crippen molar-refractivity contribution in [2.75, 3.05) is 14.2 Å². The molecule has 2 rings (SSSR count). The molecule has 0 spiro atoms. The van der Waals surface area contributed by atoms with Crippen LogP contribution in [0.3, 0.4) is 0 Å². The van der Waals surface area contributed by atoms with Gasteiger partial charge in [-0.15, -0.1) is 0 Å². The molecule has 1 heterocycles. The van der Waals surface area contributed by atoms with Gasteiger partial charge in [0.05, 0.1) is 17.6 Å². The number of halogens is 1. The number of methoxy groups -OCH3 is 1. The van der Waals surface area contributed by atoms with Crippen molar-refractivity contribution < 1.29 is 9.53 Å². The third-order valence-electron chi connectivity index (χ3n) is 2.43. The first-order valence-electron chi connectivity index (χ1n) is 5.02. The molecule has 1 aromatic carbocycles. The first kappa shape index (κ1) is 11.7.